The number of hydrogen-bond donors (Lipinski definition) is 1. The Balaban J connectivity index is 1.38. The fraction of sp³-hybridized carbons (Fsp3) is 0.720. The van der Waals surface area contributed by atoms with Gasteiger partial charge in [0.05, 0.1) is 11.0 Å². The molecule has 0 aliphatic rings. The number of para-hydroxylation sites is 2. The van der Waals surface area contributed by atoms with E-state index in [9.17, 15) is 4.79 Å². The molecule has 0 aliphatic carbocycles. The number of H-pyrrole nitrogens is 1. The summed E-state index contributed by atoms with van der Waals surface area (Å²) in [4.78, 5) is 15.0. The maximum absolute atomic E-state index is 12.0. The van der Waals surface area contributed by atoms with Gasteiger partial charge in [-0.25, -0.2) is 4.79 Å². The second kappa shape index (κ2) is 14.5. The smallest absolute Gasteiger partial charge is 0.306 e. The van der Waals surface area contributed by atoms with Gasteiger partial charge in [0.1, 0.15) is 0 Å². The van der Waals surface area contributed by atoms with Gasteiger partial charge in [-0.1, -0.05) is 115 Å². The molecule has 158 valence electrons. The Morgan fingerprint density at radius 2 is 1.14 bits per heavy atom. The van der Waals surface area contributed by atoms with Crippen LogP contribution in [0.15, 0.2) is 29.1 Å². The molecule has 1 aromatic carbocycles. The lowest BCUT2D eigenvalue weighted by Gasteiger charge is -2.05. The zero-order valence-electron chi connectivity index (χ0n) is 18.2. The Morgan fingerprint density at radius 1 is 0.679 bits per heavy atom. The summed E-state index contributed by atoms with van der Waals surface area (Å²) in [6.45, 7) is 3.12. The van der Waals surface area contributed by atoms with Gasteiger partial charge in [-0.3, -0.25) is 4.57 Å². The predicted molar refractivity (Wildman–Crippen MR) is 122 cm³/mol. The number of aromatic nitrogens is 2. The molecule has 0 saturated carbocycles. The SMILES string of the molecule is CCCCCCCCCCCCCCCCCCn1c(=O)[nH]c2ccccc21. The van der Waals surface area contributed by atoms with Crippen molar-refractivity contribution in [3.63, 3.8) is 0 Å². The Hall–Kier alpha value is -1.51. The first-order valence-corrected chi connectivity index (χ1v) is 12.0. The molecule has 1 heterocycles. The molecule has 3 heteroatoms. The summed E-state index contributed by atoms with van der Waals surface area (Å²) in [5.41, 5.74) is 2.01. The van der Waals surface area contributed by atoms with Crippen molar-refractivity contribution in [1.82, 2.24) is 9.55 Å². The van der Waals surface area contributed by atoms with E-state index in [0.29, 0.717) is 0 Å². The molecule has 2 aromatic rings. The Bertz CT molecular complexity index is 685. The lowest BCUT2D eigenvalue weighted by molar-refractivity contribution is 0.521. The van der Waals surface area contributed by atoms with E-state index in [4.69, 9.17) is 0 Å². The number of imidazole rings is 1. The Morgan fingerprint density at radius 3 is 1.68 bits per heavy atom. The molecule has 0 aliphatic heterocycles. The fourth-order valence-electron chi connectivity index (χ4n) is 4.15. The van der Waals surface area contributed by atoms with Crippen LogP contribution in [0.1, 0.15) is 110 Å². The maximum Gasteiger partial charge on any atom is 0.326 e. The van der Waals surface area contributed by atoms with Crippen molar-refractivity contribution in [3.05, 3.63) is 34.7 Å². The van der Waals surface area contributed by atoms with Gasteiger partial charge < -0.3 is 4.98 Å². The van der Waals surface area contributed by atoms with Crippen molar-refractivity contribution in [3.8, 4) is 0 Å². The van der Waals surface area contributed by atoms with Gasteiger partial charge in [-0.05, 0) is 18.6 Å². The van der Waals surface area contributed by atoms with E-state index in [-0.39, 0.29) is 5.69 Å². The second-order valence-electron chi connectivity index (χ2n) is 8.40. The van der Waals surface area contributed by atoms with Gasteiger partial charge in [0.25, 0.3) is 0 Å². The summed E-state index contributed by atoms with van der Waals surface area (Å²) < 4.78 is 1.89. The molecular weight excluding hydrogens is 344 g/mol. The first kappa shape index (κ1) is 22.8. The molecule has 0 bridgehead atoms. The molecule has 1 N–H and O–H groups in total. The van der Waals surface area contributed by atoms with E-state index in [2.05, 4.69) is 11.9 Å². The van der Waals surface area contributed by atoms with Crippen LogP contribution in [0.3, 0.4) is 0 Å². The van der Waals surface area contributed by atoms with Gasteiger partial charge in [-0.2, -0.15) is 0 Å². The second-order valence-corrected chi connectivity index (χ2v) is 8.40. The molecule has 0 unspecified atom stereocenters. The number of hydrogen-bond acceptors (Lipinski definition) is 1. The average Bonchev–Trinajstić information content (AvgIpc) is 3.03. The number of unbranched alkanes of at least 4 members (excludes halogenated alkanes) is 15. The van der Waals surface area contributed by atoms with Crippen molar-refractivity contribution < 1.29 is 0 Å². The van der Waals surface area contributed by atoms with Crippen molar-refractivity contribution in [1.29, 1.82) is 0 Å². The molecule has 0 atom stereocenters. The van der Waals surface area contributed by atoms with Crippen LogP contribution in [0.25, 0.3) is 11.0 Å². The van der Waals surface area contributed by atoms with Crippen LogP contribution in [-0.4, -0.2) is 9.55 Å². The van der Waals surface area contributed by atoms with E-state index in [1.54, 1.807) is 0 Å². The van der Waals surface area contributed by atoms with E-state index in [1.807, 2.05) is 28.8 Å². The van der Waals surface area contributed by atoms with E-state index in [0.717, 1.165) is 24.0 Å². The summed E-state index contributed by atoms with van der Waals surface area (Å²) in [5, 5.41) is 0. The number of aromatic amines is 1. The number of aryl methyl sites for hydroxylation is 1. The van der Waals surface area contributed by atoms with E-state index < -0.39 is 0 Å². The van der Waals surface area contributed by atoms with Crippen LogP contribution in [0, 0.1) is 0 Å². The quantitative estimate of drug-likeness (QED) is 0.279. The van der Waals surface area contributed by atoms with Gasteiger partial charge in [0.15, 0.2) is 0 Å². The summed E-state index contributed by atoms with van der Waals surface area (Å²) >= 11 is 0. The van der Waals surface area contributed by atoms with Crippen LogP contribution in [-0.2, 0) is 6.54 Å². The monoisotopic (exact) mass is 386 g/mol. The number of nitrogens with one attached hydrogen (secondary N) is 1. The standard InChI is InChI=1S/C25H42N2O/c1-2-3-4-5-6-7-8-9-10-11-12-13-14-15-16-19-22-27-24-21-18-17-20-23(24)26-25(27)28/h17-18,20-21H,2-16,19,22H2,1H3,(H,26,28). The molecular formula is C25H42N2O. The van der Waals surface area contributed by atoms with E-state index in [1.165, 1.54) is 96.3 Å². The Kier molecular flexibility index (Phi) is 11.8. The number of fused-ring (bicyclic) bond motifs is 1. The molecule has 0 saturated heterocycles. The summed E-state index contributed by atoms with van der Waals surface area (Å²) in [5.74, 6) is 0. The minimum absolute atomic E-state index is 0.0298. The molecule has 0 spiro atoms. The average molecular weight is 387 g/mol. The minimum atomic E-state index is 0.0298. The topological polar surface area (TPSA) is 37.8 Å². The van der Waals surface area contributed by atoms with Crippen LogP contribution >= 0.6 is 0 Å². The van der Waals surface area contributed by atoms with Crippen molar-refractivity contribution in [2.75, 3.05) is 0 Å². The molecule has 28 heavy (non-hydrogen) atoms. The van der Waals surface area contributed by atoms with Crippen LogP contribution in [0.2, 0.25) is 0 Å². The summed E-state index contributed by atoms with van der Waals surface area (Å²) in [6.07, 6.45) is 22.0. The highest BCUT2D eigenvalue weighted by molar-refractivity contribution is 5.74. The highest BCUT2D eigenvalue weighted by atomic mass is 16.1. The summed E-state index contributed by atoms with van der Waals surface area (Å²) in [7, 11) is 0. The van der Waals surface area contributed by atoms with Crippen LogP contribution < -0.4 is 5.69 Å². The number of nitrogens with zero attached hydrogens (tertiary/aromatic N) is 1. The number of rotatable bonds is 17. The molecule has 0 radical (unpaired) electrons. The molecule has 2 rings (SSSR count). The zero-order chi connectivity index (χ0) is 19.9. The molecule has 0 amide bonds. The zero-order valence-corrected chi connectivity index (χ0v) is 18.2. The fourth-order valence-corrected chi connectivity index (χ4v) is 4.15. The van der Waals surface area contributed by atoms with Crippen LogP contribution in [0.4, 0.5) is 0 Å². The van der Waals surface area contributed by atoms with Crippen LogP contribution in [0.5, 0.6) is 0 Å². The van der Waals surface area contributed by atoms with Crippen molar-refractivity contribution >= 4 is 11.0 Å². The lowest BCUT2D eigenvalue weighted by Crippen LogP contribution is -2.16. The van der Waals surface area contributed by atoms with Crippen molar-refractivity contribution in [2.24, 2.45) is 0 Å². The third kappa shape index (κ3) is 8.67. The third-order valence-electron chi connectivity index (χ3n) is 5.92. The largest absolute Gasteiger partial charge is 0.326 e. The van der Waals surface area contributed by atoms with Crippen molar-refractivity contribution in [2.45, 2.75) is 116 Å². The van der Waals surface area contributed by atoms with E-state index >= 15 is 0 Å². The van der Waals surface area contributed by atoms with Gasteiger partial charge in [0, 0.05) is 6.54 Å². The first-order chi connectivity index (χ1) is 13.8. The molecule has 0 fully saturated rings. The number of benzene rings is 1. The van der Waals surface area contributed by atoms with Gasteiger partial charge in [-0.15, -0.1) is 0 Å². The third-order valence-corrected chi connectivity index (χ3v) is 5.92. The highest BCUT2D eigenvalue weighted by Gasteiger charge is 2.04. The molecule has 3 nitrogen and oxygen atoms in total. The highest BCUT2D eigenvalue weighted by Crippen LogP contribution is 2.14. The predicted octanol–water partition coefficient (Wildman–Crippen LogP) is 7.59. The minimum Gasteiger partial charge on any atom is -0.306 e. The lowest BCUT2D eigenvalue weighted by atomic mass is 10.0. The summed E-state index contributed by atoms with van der Waals surface area (Å²) in [6, 6.07) is 7.97. The Labute approximate surface area is 171 Å². The first-order valence-electron chi connectivity index (χ1n) is 12.0. The normalized spacial score (nSPS) is 11.5. The maximum atomic E-state index is 12.0. The molecule has 1 aromatic heterocycles. The van der Waals surface area contributed by atoms with Gasteiger partial charge >= 0.3 is 5.69 Å². The van der Waals surface area contributed by atoms with Gasteiger partial charge in [0.2, 0.25) is 0 Å².